The topological polar surface area (TPSA) is 74.3 Å². The van der Waals surface area contributed by atoms with Crippen LogP contribution in [-0.2, 0) is 24.3 Å². The van der Waals surface area contributed by atoms with Crippen LogP contribution in [0, 0.1) is 0 Å². The molecule has 0 atom stereocenters. The van der Waals surface area contributed by atoms with Crippen LogP contribution < -0.4 is 0 Å². The zero-order valence-electron chi connectivity index (χ0n) is 7.16. The summed E-state index contributed by atoms with van der Waals surface area (Å²) >= 11 is 0. The van der Waals surface area contributed by atoms with Crippen LogP contribution in [0.2, 0.25) is 0 Å². The van der Waals surface area contributed by atoms with Gasteiger partial charge in [-0.3, -0.25) is 0 Å². The Morgan fingerprint density at radius 3 is 1.36 bits per heavy atom. The zero-order valence-corrected chi connectivity index (χ0v) is 8.79. The van der Waals surface area contributed by atoms with Crippen LogP contribution in [0.15, 0.2) is 0 Å². The molecule has 0 aromatic rings. The van der Waals surface area contributed by atoms with E-state index in [4.69, 9.17) is 0 Å². The second kappa shape index (κ2) is 4.84. The van der Waals surface area contributed by atoms with E-state index in [-0.39, 0.29) is 5.75 Å². The van der Waals surface area contributed by atoms with Crippen LogP contribution in [0.25, 0.3) is 0 Å². The summed E-state index contributed by atoms with van der Waals surface area (Å²) < 4.78 is 38.5. The van der Waals surface area contributed by atoms with Gasteiger partial charge in [0.2, 0.25) is 0 Å². The summed E-state index contributed by atoms with van der Waals surface area (Å²) in [6, 6.07) is 0. The summed E-state index contributed by atoms with van der Waals surface area (Å²) in [6.07, 6.45) is 5.15. The highest BCUT2D eigenvalue weighted by molar-refractivity contribution is 8.00. The van der Waals surface area contributed by atoms with Gasteiger partial charge in [0.1, 0.15) is 18.8 Å². The zero-order chi connectivity index (χ0) is 9.71. The molecule has 0 aliphatic rings. The van der Waals surface area contributed by atoms with E-state index < -0.39 is 20.1 Å². The molecule has 0 aliphatic heterocycles. The molecule has 0 radical (unpaired) electrons. The number of hydrogen-bond acceptors (Lipinski definition) is 4. The first kappa shape index (κ1) is 13.6. The highest BCUT2D eigenvalue weighted by Crippen LogP contribution is 1.78. The van der Waals surface area contributed by atoms with E-state index in [9.17, 15) is 17.2 Å². The van der Waals surface area contributed by atoms with Gasteiger partial charge in [0, 0.05) is 5.75 Å². The number of hydrogen-bond donors (Lipinski definition) is 0. The first-order valence-electron chi connectivity index (χ1n) is 2.89. The molecular formula is C5H14O4S2. The Morgan fingerprint density at radius 2 is 1.36 bits per heavy atom. The summed E-state index contributed by atoms with van der Waals surface area (Å²) in [5.41, 5.74) is 0. The molecule has 0 aliphatic carbocycles. The van der Waals surface area contributed by atoms with Crippen LogP contribution in [0.3, 0.4) is 0 Å². The highest BCUT2D eigenvalue weighted by atomic mass is 32.2. The summed E-state index contributed by atoms with van der Waals surface area (Å²) in [7, 11) is -5.33. The molecule has 11 heavy (non-hydrogen) atoms. The molecule has 0 N–H and O–H groups in total. The Labute approximate surface area is 69.2 Å². The Balaban J connectivity index is 0. The average Bonchev–Trinajstić information content (AvgIpc) is 1.59. The number of rotatable bonds is 1. The third kappa shape index (κ3) is 69.8. The lowest BCUT2D eigenvalue weighted by Gasteiger charge is -1.97. The van der Waals surface area contributed by atoms with Gasteiger partial charge in [-0.2, -0.15) is 0 Å². The van der Waals surface area contributed by atoms with Crippen molar-refractivity contribution in [2.45, 2.75) is 6.92 Å². The van der Waals surface area contributed by atoms with E-state index in [1.807, 2.05) is 0 Å². The maximum absolute atomic E-state index is 10.2. The normalized spacial score (nSPS) is 11.7. The monoisotopic (exact) mass is 202 g/mol. The maximum atomic E-state index is 10.2. The average molecular weight is 202 g/mol. The summed E-state index contributed by atoms with van der Waals surface area (Å²) in [5, 5.41) is 0. The van der Waals surface area contributed by atoms with Crippen LogP contribution in [0.5, 0.6) is 0 Å². The summed E-state index contributed by atoms with van der Waals surface area (Å²) in [5.74, 6) is -0.312. The Morgan fingerprint density at radius 1 is 1.27 bits per heavy atom. The van der Waals surface area contributed by atoms with Gasteiger partial charge in [-0.15, -0.1) is 4.21 Å². The van der Waals surface area contributed by atoms with Gasteiger partial charge >= 0.3 is 0 Å². The molecule has 0 heterocycles. The van der Waals surface area contributed by atoms with E-state index in [2.05, 4.69) is 0 Å². The molecule has 0 unspecified atom stereocenters. The van der Waals surface area contributed by atoms with Crippen molar-refractivity contribution in [2.24, 2.45) is 0 Å². The Bertz CT molecular complexity index is 215. The van der Waals surface area contributed by atoms with Gasteiger partial charge in [0.15, 0.2) is 0 Å². The standard InChI is InChI=1S/C3H9OS.C2H6O3S/c1-5(2,3)4;1-2-6(3,4)5/h1-3H3;2H2,1H3,(H,3,4,5)/q+1;/p-1. The molecule has 70 valence electrons. The molecule has 0 aromatic carbocycles. The van der Waals surface area contributed by atoms with Crippen LogP contribution in [0.1, 0.15) is 6.92 Å². The van der Waals surface area contributed by atoms with Gasteiger partial charge in [-0.25, -0.2) is 8.42 Å². The predicted octanol–water partition coefficient (Wildman–Crippen LogP) is -0.0732. The third-order valence-corrected chi connectivity index (χ3v) is 1.06. The van der Waals surface area contributed by atoms with Crippen molar-refractivity contribution in [1.29, 1.82) is 0 Å². The minimum atomic E-state index is -3.91. The SMILES string of the molecule is CCS(=O)(=O)[O-].C[S+](C)(C)=O. The van der Waals surface area contributed by atoms with Crippen molar-refractivity contribution in [3.8, 4) is 0 Å². The first-order chi connectivity index (χ1) is 4.56. The predicted molar refractivity (Wildman–Crippen MR) is 46.1 cm³/mol. The molecule has 0 amide bonds. The van der Waals surface area contributed by atoms with E-state index in [0.29, 0.717) is 0 Å². The summed E-state index contributed by atoms with van der Waals surface area (Å²) in [4.78, 5) is 0. The smallest absolute Gasteiger partial charge is 0.101 e. The molecule has 0 aromatic heterocycles. The lowest BCUT2D eigenvalue weighted by molar-refractivity contribution is 0.464. The van der Waals surface area contributed by atoms with Crippen molar-refractivity contribution in [1.82, 2.24) is 0 Å². The molecule has 6 heteroatoms. The fourth-order valence-corrected chi connectivity index (χ4v) is 0. The molecule has 0 spiro atoms. The van der Waals surface area contributed by atoms with Crippen molar-refractivity contribution in [3.63, 3.8) is 0 Å². The van der Waals surface area contributed by atoms with E-state index in [1.165, 1.54) is 6.92 Å². The molecule has 4 nitrogen and oxygen atoms in total. The fraction of sp³-hybridized carbons (Fsp3) is 1.00. The second-order valence-electron chi connectivity index (χ2n) is 2.57. The quantitative estimate of drug-likeness (QED) is 0.440. The molecule has 0 fully saturated rings. The lowest BCUT2D eigenvalue weighted by Crippen LogP contribution is -1.98. The molecule has 0 rings (SSSR count). The van der Waals surface area contributed by atoms with Crippen LogP contribution in [-0.4, -0.2) is 37.5 Å². The van der Waals surface area contributed by atoms with Gasteiger partial charge < -0.3 is 4.55 Å². The van der Waals surface area contributed by atoms with Crippen molar-refractivity contribution in [2.75, 3.05) is 24.5 Å². The van der Waals surface area contributed by atoms with Gasteiger partial charge in [-0.1, -0.05) is 6.92 Å². The third-order valence-electron chi connectivity index (χ3n) is 0.354. The van der Waals surface area contributed by atoms with Gasteiger partial charge in [0.25, 0.3) is 0 Å². The van der Waals surface area contributed by atoms with E-state index in [1.54, 1.807) is 18.8 Å². The largest absolute Gasteiger partial charge is 0.748 e. The van der Waals surface area contributed by atoms with Crippen molar-refractivity contribution >= 4 is 20.1 Å². The Hall–Kier alpha value is 0.0600. The van der Waals surface area contributed by atoms with Crippen molar-refractivity contribution in [3.05, 3.63) is 0 Å². The molecule has 0 bridgehead atoms. The molecular weight excluding hydrogens is 188 g/mol. The van der Waals surface area contributed by atoms with Gasteiger partial charge in [0.05, 0.1) is 20.1 Å². The molecule has 0 saturated heterocycles. The first-order valence-corrected chi connectivity index (χ1v) is 7.25. The second-order valence-corrected chi connectivity index (χ2v) is 7.71. The minimum Gasteiger partial charge on any atom is -0.748 e. The van der Waals surface area contributed by atoms with Crippen LogP contribution >= 0.6 is 0 Å². The van der Waals surface area contributed by atoms with Gasteiger partial charge in [-0.05, 0) is 0 Å². The maximum Gasteiger partial charge on any atom is 0.101 e. The highest BCUT2D eigenvalue weighted by Gasteiger charge is 1.95. The van der Waals surface area contributed by atoms with E-state index in [0.717, 1.165) is 0 Å². The van der Waals surface area contributed by atoms with Crippen molar-refractivity contribution < 1.29 is 17.2 Å². The molecule has 0 saturated carbocycles. The fourth-order valence-electron chi connectivity index (χ4n) is 0. The lowest BCUT2D eigenvalue weighted by atomic mass is 11.0. The minimum absolute atomic E-state index is 0.312. The Kier molecular flexibility index (Phi) is 6.00. The van der Waals surface area contributed by atoms with Crippen LogP contribution in [0.4, 0.5) is 0 Å². The summed E-state index contributed by atoms with van der Waals surface area (Å²) in [6.45, 7) is 1.31. The van der Waals surface area contributed by atoms with E-state index >= 15 is 0 Å².